The molecule has 0 bridgehead atoms. The van der Waals surface area contributed by atoms with E-state index in [1.54, 1.807) is 6.92 Å². The van der Waals surface area contributed by atoms with Gasteiger partial charge in [0.25, 0.3) is 0 Å². The fraction of sp³-hybridized carbons (Fsp3) is 0.727. The third-order valence-electron chi connectivity index (χ3n) is 2.20. The number of carbonyl (C=O) groups is 1. The van der Waals surface area contributed by atoms with Gasteiger partial charge in [0.05, 0.1) is 5.97 Å². The van der Waals surface area contributed by atoms with Crippen molar-refractivity contribution in [2.45, 2.75) is 33.1 Å². The van der Waals surface area contributed by atoms with Gasteiger partial charge in [-0.2, -0.15) is 0 Å². The Labute approximate surface area is 86.4 Å². The molecule has 3 nitrogen and oxygen atoms in total. The van der Waals surface area contributed by atoms with E-state index < -0.39 is 5.97 Å². The van der Waals surface area contributed by atoms with Crippen LogP contribution in [0.25, 0.3) is 0 Å². The fourth-order valence-electron chi connectivity index (χ4n) is 1.41. The maximum absolute atomic E-state index is 9.40. The zero-order valence-electron chi connectivity index (χ0n) is 9.16. The highest BCUT2D eigenvalue weighted by Crippen LogP contribution is 2.06. The summed E-state index contributed by atoms with van der Waals surface area (Å²) in [5.74, 6) is -1.14. The number of carboxylic acid groups (broad SMARTS) is 1. The number of piperidine rings is 1. The lowest BCUT2D eigenvalue weighted by Gasteiger charge is -2.24. The summed E-state index contributed by atoms with van der Waals surface area (Å²) >= 11 is 0. The molecule has 0 saturated carbocycles. The number of aliphatic carboxylic acids is 1. The molecule has 14 heavy (non-hydrogen) atoms. The van der Waals surface area contributed by atoms with Crippen molar-refractivity contribution in [3.63, 3.8) is 0 Å². The molecule has 1 aliphatic rings. The van der Waals surface area contributed by atoms with E-state index in [0.717, 1.165) is 6.08 Å². The van der Waals surface area contributed by atoms with E-state index in [-0.39, 0.29) is 0 Å². The Morgan fingerprint density at radius 1 is 1.36 bits per heavy atom. The van der Waals surface area contributed by atoms with Crippen LogP contribution in [-0.4, -0.2) is 30.5 Å². The smallest absolute Gasteiger partial charge is 0.0639 e. The molecule has 0 aromatic carbocycles. The molecule has 1 rings (SSSR count). The molecule has 0 aromatic rings. The highest BCUT2D eigenvalue weighted by molar-refractivity contribution is 5.77. The first-order valence-corrected chi connectivity index (χ1v) is 5.26. The van der Waals surface area contributed by atoms with E-state index in [4.69, 9.17) is 0 Å². The van der Waals surface area contributed by atoms with Crippen LogP contribution in [0.1, 0.15) is 33.1 Å². The third-order valence-corrected chi connectivity index (χ3v) is 2.20. The van der Waals surface area contributed by atoms with Crippen LogP contribution in [0.15, 0.2) is 12.2 Å². The largest absolute Gasteiger partial charge is 0.545 e. The van der Waals surface area contributed by atoms with Gasteiger partial charge < -0.3 is 14.8 Å². The molecule has 1 fully saturated rings. The molecule has 0 aromatic heterocycles. The van der Waals surface area contributed by atoms with Gasteiger partial charge in [-0.25, -0.2) is 0 Å². The minimum absolute atomic E-state index is 0.972. The number of nitrogens with zero attached hydrogens (tertiary/aromatic N) is 1. The highest BCUT2D eigenvalue weighted by Gasteiger charge is 2.05. The Hall–Kier alpha value is -0.830. The third kappa shape index (κ3) is 7.80. The molecule has 0 amide bonds. The van der Waals surface area contributed by atoms with Crippen LogP contribution in [0, 0.1) is 0 Å². The van der Waals surface area contributed by atoms with Gasteiger partial charge in [-0.05, 0) is 45.5 Å². The zero-order chi connectivity index (χ0) is 10.8. The summed E-state index contributed by atoms with van der Waals surface area (Å²) in [5, 5.41) is 9.40. The normalized spacial score (nSPS) is 17.6. The second-order valence-electron chi connectivity index (χ2n) is 3.31. The van der Waals surface area contributed by atoms with Crippen molar-refractivity contribution in [3.8, 4) is 0 Å². The van der Waals surface area contributed by atoms with E-state index in [1.165, 1.54) is 45.0 Å². The van der Waals surface area contributed by atoms with Gasteiger partial charge in [0.2, 0.25) is 0 Å². The minimum Gasteiger partial charge on any atom is -0.545 e. The van der Waals surface area contributed by atoms with Crippen molar-refractivity contribution < 1.29 is 9.90 Å². The van der Waals surface area contributed by atoms with E-state index >= 15 is 0 Å². The fourth-order valence-corrected chi connectivity index (χ4v) is 1.41. The van der Waals surface area contributed by atoms with Gasteiger partial charge in [-0.15, -0.1) is 0 Å². The molecule has 0 unspecified atom stereocenters. The van der Waals surface area contributed by atoms with Crippen molar-refractivity contribution in [1.82, 2.24) is 4.90 Å². The highest BCUT2D eigenvalue weighted by atomic mass is 16.4. The average Bonchev–Trinajstić information content (AvgIpc) is 2.20. The first-order valence-electron chi connectivity index (χ1n) is 5.26. The molecule has 0 atom stereocenters. The molecule has 1 aliphatic heterocycles. The van der Waals surface area contributed by atoms with Crippen molar-refractivity contribution in [1.29, 1.82) is 0 Å². The summed E-state index contributed by atoms with van der Waals surface area (Å²) in [5.41, 5.74) is 0. The maximum Gasteiger partial charge on any atom is 0.0639 e. The Morgan fingerprint density at radius 3 is 2.14 bits per heavy atom. The molecular formula is C11H20NO2-. The van der Waals surface area contributed by atoms with Crippen LogP contribution in [0.4, 0.5) is 0 Å². The molecular weight excluding hydrogens is 178 g/mol. The lowest BCUT2D eigenvalue weighted by Crippen LogP contribution is -2.29. The van der Waals surface area contributed by atoms with E-state index in [0.29, 0.717) is 0 Å². The summed E-state index contributed by atoms with van der Waals surface area (Å²) in [6.45, 7) is 7.80. The van der Waals surface area contributed by atoms with E-state index in [1.807, 2.05) is 0 Å². The minimum atomic E-state index is -1.14. The van der Waals surface area contributed by atoms with Crippen molar-refractivity contribution in [2.24, 2.45) is 0 Å². The van der Waals surface area contributed by atoms with Crippen LogP contribution in [0.5, 0.6) is 0 Å². The van der Waals surface area contributed by atoms with Gasteiger partial charge in [0.1, 0.15) is 0 Å². The quantitative estimate of drug-likeness (QED) is 0.617. The van der Waals surface area contributed by atoms with Crippen LogP contribution in [0.2, 0.25) is 0 Å². The van der Waals surface area contributed by atoms with Crippen molar-refractivity contribution in [2.75, 3.05) is 19.6 Å². The first kappa shape index (κ1) is 13.2. The van der Waals surface area contributed by atoms with Crippen molar-refractivity contribution in [3.05, 3.63) is 12.2 Å². The number of likely N-dealkylation sites (tertiary alicyclic amines) is 1. The molecule has 3 heteroatoms. The second kappa shape index (κ2) is 8.75. The van der Waals surface area contributed by atoms with Crippen LogP contribution in [0.3, 0.4) is 0 Å². The van der Waals surface area contributed by atoms with Gasteiger partial charge in [0, 0.05) is 0 Å². The summed E-state index contributed by atoms with van der Waals surface area (Å²) in [6.07, 6.45) is 6.69. The summed E-state index contributed by atoms with van der Waals surface area (Å²) in [7, 11) is 0. The average molecular weight is 198 g/mol. The molecule has 0 spiro atoms. The molecule has 1 saturated heterocycles. The van der Waals surface area contributed by atoms with Crippen molar-refractivity contribution >= 4 is 5.97 Å². The molecule has 0 radical (unpaired) electrons. The summed E-state index contributed by atoms with van der Waals surface area (Å²) in [4.78, 5) is 11.9. The lowest BCUT2D eigenvalue weighted by molar-refractivity contribution is -0.297. The number of hydrogen-bond acceptors (Lipinski definition) is 3. The van der Waals surface area contributed by atoms with E-state index in [9.17, 15) is 9.90 Å². The Morgan fingerprint density at radius 2 is 1.93 bits per heavy atom. The van der Waals surface area contributed by atoms with E-state index in [2.05, 4.69) is 11.8 Å². The Balaban J connectivity index is 0.000000255. The zero-order valence-corrected chi connectivity index (χ0v) is 9.16. The number of rotatable bonds is 2. The number of allylic oxidation sites excluding steroid dienone is 1. The second-order valence-corrected chi connectivity index (χ2v) is 3.31. The maximum atomic E-state index is 9.40. The first-order chi connectivity index (χ1) is 6.70. The predicted octanol–water partition coefficient (Wildman–Crippen LogP) is 0.805. The number of carbonyl (C=O) groups excluding carboxylic acids is 1. The topological polar surface area (TPSA) is 43.4 Å². The molecule has 1 heterocycles. The van der Waals surface area contributed by atoms with Crippen LogP contribution >= 0.6 is 0 Å². The SMILES string of the molecule is C/C=C/C(=O)[O-].CCN1CCCCC1. The molecule has 82 valence electrons. The van der Waals surface area contributed by atoms with Crippen LogP contribution in [-0.2, 0) is 4.79 Å². The predicted molar refractivity (Wildman–Crippen MR) is 55.8 cm³/mol. The lowest BCUT2D eigenvalue weighted by atomic mass is 10.1. The standard InChI is InChI=1S/C7H15N.C4H6O2/c1-2-8-6-4-3-5-7-8;1-2-3-4(5)6/h2-7H2,1H3;2-3H,1H3,(H,5,6)/p-1/b;3-2+. The summed E-state index contributed by atoms with van der Waals surface area (Å²) < 4.78 is 0. The Kier molecular flexibility index (Phi) is 8.24. The Bertz CT molecular complexity index is 172. The van der Waals surface area contributed by atoms with Crippen LogP contribution < -0.4 is 5.11 Å². The number of hydrogen-bond donors (Lipinski definition) is 0. The monoisotopic (exact) mass is 198 g/mol. The van der Waals surface area contributed by atoms with Gasteiger partial charge in [-0.1, -0.05) is 19.4 Å². The van der Waals surface area contributed by atoms with Gasteiger partial charge in [0.15, 0.2) is 0 Å². The molecule has 0 N–H and O–H groups in total. The van der Waals surface area contributed by atoms with Gasteiger partial charge >= 0.3 is 0 Å². The van der Waals surface area contributed by atoms with Gasteiger partial charge in [-0.3, -0.25) is 0 Å². The summed E-state index contributed by atoms with van der Waals surface area (Å²) in [6, 6.07) is 0. The number of carboxylic acids is 1. The molecule has 0 aliphatic carbocycles.